The molecule has 0 aromatic heterocycles. The number of methoxy groups -OCH3 is 1. The summed E-state index contributed by atoms with van der Waals surface area (Å²) in [5.74, 6) is -0.824. The van der Waals surface area contributed by atoms with Crippen LogP contribution in [0.3, 0.4) is 0 Å². The third-order valence-electron chi connectivity index (χ3n) is 5.66. The van der Waals surface area contributed by atoms with Crippen LogP contribution >= 0.6 is 0 Å². The quantitative estimate of drug-likeness (QED) is 0.350. The molecule has 0 saturated carbocycles. The molecule has 7 heteroatoms. The molecule has 0 bridgehead atoms. The van der Waals surface area contributed by atoms with E-state index >= 15 is 0 Å². The number of benzene rings is 2. The largest absolute Gasteiger partial charge is 0.508 e. The fourth-order valence-electron chi connectivity index (χ4n) is 3.99. The van der Waals surface area contributed by atoms with Gasteiger partial charge in [0.2, 0.25) is 0 Å². The van der Waals surface area contributed by atoms with Crippen LogP contribution in [0.1, 0.15) is 56.3 Å². The lowest BCUT2D eigenvalue weighted by Crippen LogP contribution is -2.33. The number of carbonyl (C=O) groups is 2. The minimum absolute atomic E-state index is 0.00936. The van der Waals surface area contributed by atoms with E-state index in [-0.39, 0.29) is 42.3 Å². The average molecular weight is 454 g/mol. The molecule has 0 spiro atoms. The molecule has 0 radical (unpaired) electrons. The molecule has 176 valence electrons. The smallest absolute Gasteiger partial charge is 0.295 e. The summed E-state index contributed by atoms with van der Waals surface area (Å²) >= 11 is 0. The number of aliphatic hydroxyl groups excluding tert-OH is 1. The van der Waals surface area contributed by atoms with Crippen LogP contribution in [0.4, 0.5) is 0 Å². The molecule has 1 aliphatic rings. The van der Waals surface area contributed by atoms with Crippen molar-refractivity contribution < 1.29 is 29.3 Å². The van der Waals surface area contributed by atoms with Crippen LogP contribution in [0.25, 0.3) is 5.76 Å². The highest BCUT2D eigenvalue weighted by Crippen LogP contribution is 2.40. The Hall–Kier alpha value is -3.32. The molecule has 1 atom stereocenters. The number of aromatic hydroxyl groups is 1. The van der Waals surface area contributed by atoms with Gasteiger partial charge >= 0.3 is 0 Å². The van der Waals surface area contributed by atoms with Gasteiger partial charge in [0.1, 0.15) is 17.3 Å². The van der Waals surface area contributed by atoms with E-state index in [1.54, 1.807) is 37.4 Å². The first-order valence-electron chi connectivity index (χ1n) is 11.0. The number of likely N-dealkylation sites (tertiary alicyclic amines) is 1. The first-order valence-corrected chi connectivity index (χ1v) is 11.0. The Kier molecular flexibility index (Phi) is 7.43. The highest BCUT2D eigenvalue weighted by Gasteiger charge is 2.46. The van der Waals surface area contributed by atoms with E-state index in [0.29, 0.717) is 16.9 Å². The van der Waals surface area contributed by atoms with Gasteiger partial charge in [0, 0.05) is 12.1 Å². The van der Waals surface area contributed by atoms with E-state index in [4.69, 9.17) is 9.47 Å². The first-order chi connectivity index (χ1) is 15.6. The summed E-state index contributed by atoms with van der Waals surface area (Å²) in [6, 6.07) is 10.7. The van der Waals surface area contributed by atoms with Gasteiger partial charge in [-0.3, -0.25) is 9.59 Å². The van der Waals surface area contributed by atoms with Crippen molar-refractivity contribution in [2.24, 2.45) is 0 Å². The highest BCUT2D eigenvalue weighted by atomic mass is 16.5. The van der Waals surface area contributed by atoms with Crippen LogP contribution in [0.5, 0.6) is 11.5 Å². The Labute approximate surface area is 194 Å². The molecule has 3 rings (SSSR count). The number of ether oxygens (including phenoxy) is 2. The summed E-state index contributed by atoms with van der Waals surface area (Å²) in [5.41, 5.74) is 1.92. The van der Waals surface area contributed by atoms with Crippen LogP contribution in [-0.4, -0.2) is 53.2 Å². The number of hydrogen-bond acceptors (Lipinski definition) is 6. The van der Waals surface area contributed by atoms with E-state index in [0.717, 1.165) is 5.56 Å². The first kappa shape index (κ1) is 24.3. The molecule has 2 aromatic carbocycles. The number of phenols is 1. The molecule has 1 heterocycles. The highest BCUT2D eigenvalue weighted by molar-refractivity contribution is 6.46. The van der Waals surface area contributed by atoms with Crippen molar-refractivity contribution >= 4 is 17.4 Å². The van der Waals surface area contributed by atoms with Crippen LogP contribution in [0.15, 0.2) is 48.0 Å². The fraction of sp³-hybridized carbons (Fsp3) is 0.385. The van der Waals surface area contributed by atoms with E-state index < -0.39 is 17.7 Å². The Morgan fingerprint density at radius 3 is 2.30 bits per heavy atom. The molecule has 0 aliphatic carbocycles. The second kappa shape index (κ2) is 10.1. The summed E-state index contributed by atoms with van der Waals surface area (Å²) in [6.07, 6.45) is -0.0253. The number of nitrogens with zero attached hydrogens (tertiary/aromatic N) is 1. The van der Waals surface area contributed by atoms with Crippen molar-refractivity contribution in [1.29, 1.82) is 0 Å². The minimum Gasteiger partial charge on any atom is -0.508 e. The van der Waals surface area contributed by atoms with Gasteiger partial charge in [0.05, 0.1) is 31.4 Å². The number of phenolic OH excluding ortho intramolecular Hbond substituents is 1. The van der Waals surface area contributed by atoms with Gasteiger partial charge in [0.15, 0.2) is 0 Å². The number of amides is 1. The third kappa shape index (κ3) is 5.03. The van der Waals surface area contributed by atoms with Crippen LogP contribution in [0, 0.1) is 0 Å². The Morgan fingerprint density at radius 1 is 1.06 bits per heavy atom. The zero-order valence-corrected chi connectivity index (χ0v) is 19.7. The van der Waals surface area contributed by atoms with E-state index in [2.05, 4.69) is 0 Å². The summed E-state index contributed by atoms with van der Waals surface area (Å²) < 4.78 is 11.0. The van der Waals surface area contributed by atoms with Crippen LogP contribution < -0.4 is 4.74 Å². The van der Waals surface area contributed by atoms with Crippen molar-refractivity contribution in [3.63, 3.8) is 0 Å². The normalized spacial score (nSPS) is 17.9. The maximum absolute atomic E-state index is 13.1. The summed E-state index contributed by atoms with van der Waals surface area (Å²) in [4.78, 5) is 27.5. The minimum atomic E-state index is -0.800. The predicted molar refractivity (Wildman–Crippen MR) is 125 cm³/mol. The van der Waals surface area contributed by atoms with Gasteiger partial charge in [-0.15, -0.1) is 0 Å². The number of carbonyl (C=O) groups excluding carboxylic acids is 2. The maximum Gasteiger partial charge on any atom is 0.295 e. The van der Waals surface area contributed by atoms with E-state index in [1.807, 2.05) is 27.7 Å². The Morgan fingerprint density at radius 2 is 1.73 bits per heavy atom. The number of Topliss-reactive ketones (excluding diaryl/α,β-unsaturated/α-hetero) is 1. The van der Waals surface area contributed by atoms with Crippen molar-refractivity contribution in [3.05, 3.63) is 64.7 Å². The number of ketones is 1. The lowest BCUT2D eigenvalue weighted by molar-refractivity contribution is -0.140. The zero-order valence-electron chi connectivity index (χ0n) is 19.7. The van der Waals surface area contributed by atoms with Crippen LogP contribution in [-0.2, 0) is 14.3 Å². The molecule has 1 unspecified atom stereocenters. The molecular weight excluding hydrogens is 422 g/mol. The maximum atomic E-state index is 13.1. The standard InChI is InChI=1S/C26H31NO6/c1-15(2)20-14-18(8-11-21(20)32-5)24(29)22-23(17-6-9-19(28)10-7-17)27(26(31)25(22)30)12-13-33-16(3)4/h6-11,14-16,23,28-29H,12-13H2,1-5H3/b24-22-. The summed E-state index contributed by atoms with van der Waals surface area (Å²) in [5, 5.41) is 21.0. The molecule has 1 saturated heterocycles. The molecule has 2 aromatic rings. The topological polar surface area (TPSA) is 96.3 Å². The van der Waals surface area contributed by atoms with Crippen molar-refractivity contribution in [2.75, 3.05) is 20.3 Å². The molecule has 2 N–H and O–H groups in total. The molecule has 33 heavy (non-hydrogen) atoms. The average Bonchev–Trinajstić information content (AvgIpc) is 3.03. The van der Waals surface area contributed by atoms with Crippen molar-refractivity contribution in [2.45, 2.75) is 45.8 Å². The van der Waals surface area contributed by atoms with Gasteiger partial charge in [-0.1, -0.05) is 26.0 Å². The molecule has 1 amide bonds. The monoisotopic (exact) mass is 453 g/mol. The predicted octanol–water partition coefficient (Wildman–Crippen LogP) is 4.37. The molecule has 1 aliphatic heterocycles. The summed E-state index contributed by atoms with van der Waals surface area (Å²) in [6.45, 7) is 8.23. The van der Waals surface area contributed by atoms with Gasteiger partial charge in [0.25, 0.3) is 11.7 Å². The van der Waals surface area contributed by atoms with E-state index in [1.165, 1.54) is 17.0 Å². The molecular formula is C26H31NO6. The lowest BCUT2D eigenvalue weighted by Gasteiger charge is -2.25. The second-order valence-electron chi connectivity index (χ2n) is 8.61. The van der Waals surface area contributed by atoms with Crippen molar-refractivity contribution in [1.82, 2.24) is 4.90 Å². The lowest BCUT2D eigenvalue weighted by atomic mass is 9.93. The van der Waals surface area contributed by atoms with Gasteiger partial charge < -0.3 is 24.6 Å². The number of hydrogen-bond donors (Lipinski definition) is 2. The third-order valence-corrected chi connectivity index (χ3v) is 5.66. The summed E-state index contributed by atoms with van der Waals surface area (Å²) in [7, 11) is 1.58. The zero-order chi connectivity index (χ0) is 24.3. The van der Waals surface area contributed by atoms with Gasteiger partial charge in [-0.05, 0) is 61.2 Å². The van der Waals surface area contributed by atoms with Gasteiger partial charge in [-0.25, -0.2) is 0 Å². The Balaban J connectivity index is 2.13. The SMILES string of the molecule is COc1ccc(/C(O)=C2/C(=O)C(=O)N(CCOC(C)C)C2c2ccc(O)cc2)cc1C(C)C. The molecule has 7 nitrogen and oxygen atoms in total. The number of aliphatic hydroxyl groups is 1. The van der Waals surface area contributed by atoms with E-state index in [9.17, 15) is 19.8 Å². The van der Waals surface area contributed by atoms with Crippen LogP contribution in [0.2, 0.25) is 0 Å². The number of rotatable bonds is 8. The van der Waals surface area contributed by atoms with Gasteiger partial charge in [-0.2, -0.15) is 0 Å². The molecule has 1 fully saturated rings. The van der Waals surface area contributed by atoms with Crippen molar-refractivity contribution in [3.8, 4) is 11.5 Å². The Bertz CT molecular complexity index is 1050. The second-order valence-corrected chi connectivity index (χ2v) is 8.61. The fourth-order valence-corrected chi connectivity index (χ4v) is 3.99.